The number of rotatable bonds is 8. The molecule has 1 saturated heterocycles. The van der Waals surface area contributed by atoms with Gasteiger partial charge in [0.05, 0.1) is 32.5 Å². The summed E-state index contributed by atoms with van der Waals surface area (Å²) in [5, 5.41) is 3.52. The van der Waals surface area contributed by atoms with E-state index < -0.39 is 5.79 Å². The van der Waals surface area contributed by atoms with Gasteiger partial charge in [-0.1, -0.05) is 20.8 Å². The maximum atomic E-state index is 6.07. The summed E-state index contributed by atoms with van der Waals surface area (Å²) in [6, 6.07) is 0.388. The van der Waals surface area contributed by atoms with Crippen LogP contribution in [-0.2, 0) is 18.9 Å². The summed E-state index contributed by atoms with van der Waals surface area (Å²) in [7, 11) is 0. The summed E-state index contributed by atoms with van der Waals surface area (Å²) in [4.78, 5) is 0. The number of ether oxygens (including phenoxy) is 4. The molecule has 0 aromatic carbocycles. The van der Waals surface area contributed by atoms with Gasteiger partial charge in [0.25, 0.3) is 0 Å². The van der Waals surface area contributed by atoms with E-state index in [0.717, 1.165) is 32.4 Å². The molecule has 1 aliphatic heterocycles. The topological polar surface area (TPSA) is 49.0 Å². The smallest absolute Gasteiger partial charge is 0.171 e. The lowest BCUT2D eigenvalue weighted by Crippen LogP contribution is -2.52. The molecule has 1 aliphatic carbocycles. The standard InChI is InChI=1S/C16H31NO4/c1-4-17-14-5-6-16(20-9-10-21-16)11-15(14)19-8-7-18-12-13(2)3/h13-15,17H,4-12H2,1-3H3. The molecule has 1 N–H and O–H groups in total. The number of likely N-dealkylation sites (N-methyl/N-ethyl adjacent to an activating group) is 1. The second-order valence-electron chi connectivity index (χ2n) is 6.39. The van der Waals surface area contributed by atoms with Crippen molar-refractivity contribution in [1.29, 1.82) is 0 Å². The Hall–Kier alpha value is -0.200. The zero-order valence-electron chi connectivity index (χ0n) is 13.7. The van der Waals surface area contributed by atoms with Crippen molar-refractivity contribution in [1.82, 2.24) is 5.32 Å². The van der Waals surface area contributed by atoms with Gasteiger partial charge in [0.15, 0.2) is 5.79 Å². The zero-order chi connectivity index (χ0) is 15.1. The third kappa shape index (κ3) is 5.18. The van der Waals surface area contributed by atoms with Gasteiger partial charge in [-0.15, -0.1) is 0 Å². The predicted molar refractivity (Wildman–Crippen MR) is 81.3 cm³/mol. The molecule has 0 aromatic heterocycles. The van der Waals surface area contributed by atoms with Crippen LogP contribution in [0.4, 0.5) is 0 Å². The maximum Gasteiger partial charge on any atom is 0.171 e. The van der Waals surface area contributed by atoms with Gasteiger partial charge in [-0.05, 0) is 18.9 Å². The molecule has 2 rings (SSSR count). The Balaban J connectivity index is 1.77. The van der Waals surface area contributed by atoms with Gasteiger partial charge >= 0.3 is 0 Å². The number of hydrogen-bond acceptors (Lipinski definition) is 5. The molecule has 0 aromatic rings. The summed E-state index contributed by atoms with van der Waals surface area (Å²) in [5.74, 6) is 0.174. The fourth-order valence-corrected chi connectivity index (χ4v) is 3.12. The van der Waals surface area contributed by atoms with Gasteiger partial charge in [0, 0.05) is 25.5 Å². The molecule has 2 atom stereocenters. The Morgan fingerprint density at radius 2 is 2.00 bits per heavy atom. The van der Waals surface area contributed by atoms with Gasteiger partial charge in [-0.25, -0.2) is 0 Å². The van der Waals surface area contributed by atoms with E-state index in [1.54, 1.807) is 0 Å². The predicted octanol–water partition coefficient (Wildman–Crippen LogP) is 1.95. The molecule has 1 spiro atoms. The maximum absolute atomic E-state index is 6.07. The second kappa shape index (κ2) is 8.44. The van der Waals surface area contributed by atoms with E-state index in [1.807, 2.05) is 0 Å². The van der Waals surface area contributed by atoms with E-state index in [2.05, 4.69) is 26.1 Å². The van der Waals surface area contributed by atoms with Crippen LogP contribution >= 0.6 is 0 Å². The van der Waals surface area contributed by atoms with Crippen molar-refractivity contribution < 1.29 is 18.9 Å². The fraction of sp³-hybridized carbons (Fsp3) is 1.00. The van der Waals surface area contributed by atoms with Crippen LogP contribution in [-0.4, -0.2) is 57.5 Å². The summed E-state index contributed by atoms with van der Waals surface area (Å²) >= 11 is 0. The Morgan fingerprint density at radius 3 is 2.67 bits per heavy atom. The molecule has 1 heterocycles. The van der Waals surface area contributed by atoms with Crippen molar-refractivity contribution in [3.63, 3.8) is 0 Å². The molecule has 2 unspecified atom stereocenters. The van der Waals surface area contributed by atoms with Crippen LogP contribution in [0.2, 0.25) is 0 Å². The Morgan fingerprint density at radius 1 is 1.24 bits per heavy atom. The van der Waals surface area contributed by atoms with E-state index in [4.69, 9.17) is 18.9 Å². The molecule has 21 heavy (non-hydrogen) atoms. The van der Waals surface area contributed by atoms with Crippen molar-refractivity contribution >= 4 is 0 Å². The summed E-state index contributed by atoms with van der Waals surface area (Å²) in [6.45, 7) is 10.9. The Bertz CT molecular complexity index is 292. The lowest BCUT2D eigenvalue weighted by molar-refractivity contribution is -0.208. The minimum absolute atomic E-state index is 0.138. The molecule has 0 radical (unpaired) electrons. The van der Waals surface area contributed by atoms with E-state index in [0.29, 0.717) is 38.4 Å². The van der Waals surface area contributed by atoms with Crippen molar-refractivity contribution in [2.45, 2.75) is 58.0 Å². The van der Waals surface area contributed by atoms with E-state index in [1.165, 1.54) is 0 Å². The van der Waals surface area contributed by atoms with Crippen molar-refractivity contribution in [3.05, 3.63) is 0 Å². The monoisotopic (exact) mass is 301 g/mol. The van der Waals surface area contributed by atoms with E-state index in [9.17, 15) is 0 Å². The third-order valence-electron chi connectivity index (χ3n) is 4.09. The van der Waals surface area contributed by atoms with Gasteiger partial charge in [-0.2, -0.15) is 0 Å². The number of nitrogens with one attached hydrogen (secondary N) is 1. The second-order valence-corrected chi connectivity index (χ2v) is 6.39. The van der Waals surface area contributed by atoms with Gasteiger partial charge < -0.3 is 24.3 Å². The summed E-state index contributed by atoms with van der Waals surface area (Å²) < 4.78 is 23.3. The molecule has 0 amide bonds. The first-order chi connectivity index (χ1) is 10.2. The zero-order valence-corrected chi connectivity index (χ0v) is 13.7. The van der Waals surface area contributed by atoms with Gasteiger partial charge in [0.1, 0.15) is 0 Å². The van der Waals surface area contributed by atoms with Crippen molar-refractivity contribution in [2.24, 2.45) is 5.92 Å². The van der Waals surface area contributed by atoms with Crippen LogP contribution < -0.4 is 5.32 Å². The van der Waals surface area contributed by atoms with Crippen LogP contribution in [0.5, 0.6) is 0 Å². The van der Waals surface area contributed by atoms with Crippen molar-refractivity contribution in [3.8, 4) is 0 Å². The molecular formula is C16H31NO4. The van der Waals surface area contributed by atoms with Gasteiger partial charge in [0.2, 0.25) is 0 Å². The molecule has 0 bridgehead atoms. The van der Waals surface area contributed by atoms with Crippen molar-refractivity contribution in [2.75, 3.05) is 39.6 Å². The molecule has 2 fully saturated rings. The average molecular weight is 301 g/mol. The highest BCUT2D eigenvalue weighted by atomic mass is 16.7. The van der Waals surface area contributed by atoms with Crippen LogP contribution in [0.3, 0.4) is 0 Å². The summed E-state index contributed by atoms with van der Waals surface area (Å²) in [5.41, 5.74) is 0. The molecule has 5 heteroatoms. The Kier molecular flexibility index (Phi) is 6.89. The molecule has 5 nitrogen and oxygen atoms in total. The first kappa shape index (κ1) is 17.2. The minimum atomic E-state index is -0.393. The fourth-order valence-electron chi connectivity index (χ4n) is 3.12. The first-order valence-corrected chi connectivity index (χ1v) is 8.36. The van der Waals surface area contributed by atoms with Crippen LogP contribution in [0, 0.1) is 5.92 Å². The molecule has 1 saturated carbocycles. The van der Waals surface area contributed by atoms with Crippen LogP contribution in [0.1, 0.15) is 40.0 Å². The average Bonchev–Trinajstić information content (AvgIpc) is 2.89. The summed E-state index contributed by atoms with van der Waals surface area (Å²) in [6.07, 6.45) is 2.94. The normalized spacial score (nSPS) is 28.6. The lowest BCUT2D eigenvalue weighted by atomic mass is 9.87. The minimum Gasteiger partial charge on any atom is -0.379 e. The lowest BCUT2D eigenvalue weighted by Gasteiger charge is -2.41. The van der Waals surface area contributed by atoms with E-state index in [-0.39, 0.29) is 6.10 Å². The van der Waals surface area contributed by atoms with Gasteiger partial charge in [-0.3, -0.25) is 0 Å². The SMILES string of the molecule is CCNC1CCC2(CC1OCCOCC(C)C)OCCO2. The van der Waals surface area contributed by atoms with E-state index >= 15 is 0 Å². The Labute approximate surface area is 128 Å². The largest absolute Gasteiger partial charge is 0.379 e. The highest BCUT2D eigenvalue weighted by Gasteiger charge is 2.45. The molecule has 124 valence electrons. The van der Waals surface area contributed by atoms with Crippen LogP contribution in [0.25, 0.3) is 0 Å². The molecular weight excluding hydrogens is 270 g/mol. The highest BCUT2D eigenvalue weighted by Crippen LogP contribution is 2.37. The molecule has 2 aliphatic rings. The number of hydrogen-bond donors (Lipinski definition) is 1. The quantitative estimate of drug-likeness (QED) is 0.694. The first-order valence-electron chi connectivity index (χ1n) is 8.36. The van der Waals surface area contributed by atoms with Crippen LogP contribution in [0.15, 0.2) is 0 Å². The third-order valence-corrected chi connectivity index (χ3v) is 4.09. The highest BCUT2D eigenvalue weighted by molar-refractivity contribution is 4.92.